The van der Waals surface area contributed by atoms with Crippen LogP contribution in [0.1, 0.15) is 24.0 Å². The van der Waals surface area contributed by atoms with E-state index >= 15 is 0 Å². The molecule has 2 unspecified atom stereocenters. The Morgan fingerprint density at radius 3 is 3.05 bits per heavy atom. The average molecular weight is 300 g/mol. The molecule has 19 heavy (non-hydrogen) atoms. The van der Waals surface area contributed by atoms with Crippen molar-refractivity contribution in [3.8, 4) is 0 Å². The van der Waals surface area contributed by atoms with Crippen molar-refractivity contribution in [2.75, 3.05) is 31.6 Å². The van der Waals surface area contributed by atoms with Crippen molar-refractivity contribution in [3.05, 3.63) is 16.1 Å². The smallest absolute Gasteiger partial charge is 0.0897 e. The van der Waals surface area contributed by atoms with Gasteiger partial charge in [0.1, 0.15) is 0 Å². The maximum atomic E-state index is 4.63. The predicted octanol–water partition coefficient (Wildman–Crippen LogP) is 2.41. The van der Waals surface area contributed by atoms with Gasteiger partial charge in [0.2, 0.25) is 0 Å². The van der Waals surface area contributed by atoms with E-state index in [0.717, 1.165) is 13.0 Å². The standard InChI is InChI=1S/C14H25N3S2/c1-4-5-15-13(8-12-9-19-11(2)16-12)14-10-18-7-6-17(14)3/h9,13-15H,4-8,10H2,1-3H3. The molecular weight excluding hydrogens is 274 g/mol. The van der Waals surface area contributed by atoms with E-state index in [4.69, 9.17) is 0 Å². The number of thiazole rings is 1. The molecule has 0 aromatic carbocycles. The monoisotopic (exact) mass is 299 g/mol. The van der Waals surface area contributed by atoms with Crippen LogP contribution in [0.4, 0.5) is 0 Å². The van der Waals surface area contributed by atoms with E-state index < -0.39 is 0 Å². The van der Waals surface area contributed by atoms with Gasteiger partial charge in [-0.15, -0.1) is 11.3 Å². The number of nitrogens with one attached hydrogen (secondary N) is 1. The van der Waals surface area contributed by atoms with Crippen LogP contribution in [0.3, 0.4) is 0 Å². The first kappa shape index (κ1) is 15.3. The van der Waals surface area contributed by atoms with Gasteiger partial charge in [0.25, 0.3) is 0 Å². The highest BCUT2D eigenvalue weighted by molar-refractivity contribution is 7.99. The van der Waals surface area contributed by atoms with Gasteiger partial charge in [-0.05, 0) is 26.9 Å². The number of aromatic nitrogens is 1. The number of nitrogens with zero attached hydrogens (tertiary/aromatic N) is 2. The van der Waals surface area contributed by atoms with E-state index in [1.54, 1.807) is 11.3 Å². The maximum absolute atomic E-state index is 4.63. The van der Waals surface area contributed by atoms with Crippen LogP contribution in [0.5, 0.6) is 0 Å². The fourth-order valence-electron chi connectivity index (χ4n) is 2.53. The Labute approximate surface area is 125 Å². The molecule has 0 amide bonds. The second kappa shape index (κ2) is 7.62. The molecule has 1 aromatic rings. The molecule has 1 saturated heterocycles. The van der Waals surface area contributed by atoms with Crippen LogP contribution in [-0.2, 0) is 6.42 Å². The Kier molecular flexibility index (Phi) is 6.13. The minimum atomic E-state index is 0.527. The highest BCUT2D eigenvalue weighted by atomic mass is 32.2. The van der Waals surface area contributed by atoms with E-state index in [2.05, 4.69) is 53.2 Å². The fourth-order valence-corrected chi connectivity index (χ4v) is 4.47. The van der Waals surface area contributed by atoms with Crippen molar-refractivity contribution < 1.29 is 0 Å². The second-order valence-corrected chi connectivity index (χ2v) is 7.46. The Morgan fingerprint density at radius 2 is 2.42 bits per heavy atom. The lowest BCUT2D eigenvalue weighted by atomic mass is 10.0. The Balaban J connectivity index is 2.01. The van der Waals surface area contributed by atoms with E-state index in [-0.39, 0.29) is 0 Å². The molecule has 1 fully saturated rings. The van der Waals surface area contributed by atoms with Crippen LogP contribution in [0, 0.1) is 6.92 Å². The van der Waals surface area contributed by atoms with Crippen molar-refractivity contribution in [2.45, 2.75) is 38.8 Å². The topological polar surface area (TPSA) is 28.2 Å². The summed E-state index contributed by atoms with van der Waals surface area (Å²) in [5.41, 5.74) is 1.25. The number of hydrogen-bond acceptors (Lipinski definition) is 5. The van der Waals surface area contributed by atoms with Crippen LogP contribution < -0.4 is 5.32 Å². The molecule has 1 aliphatic rings. The zero-order valence-corrected chi connectivity index (χ0v) is 13.8. The number of hydrogen-bond donors (Lipinski definition) is 1. The number of aryl methyl sites for hydroxylation is 1. The molecule has 1 N–H and O–H groups in total. The molecule has 2 atom stereocenters. The number of rotatable bonds is 6. The molecule has 2 rings (SSSR count). The van der Waals surface area contributed by atoms with Crippen molar-refractivity contribution in [2.24, 2.45) is 0 Å². The summed E-state index contributed by atoms with van der Waals surface area (Å²) in [6, 6.07) is 1.16. The first-order chi connectivity index (χ1) is 9.20. The largest absolute Gasteiger partial charge is 0.312 e. The molecule has 0 bridgehead atoms. The third kappa shape index (κ3) is 4.45. The number of thioether (sulfide) groups is 1. The van der Waals surface area contributed by atoms with Crippen LogP contribution in [0.15, 0.2) is 5.38 Å². The summed E-state index contributed by atoms with van der Waals surface area (Å²) < 4.78 is 0. The van der Waals surface area contributed by atoms with Crippen molar-refractivity contribution in [3.63, 3.8) is 0 Å². The maximum Gasteiger partial charge on any atom is 0.0897 e. The van der Waals surface area contributed by atoms with Crippen molar-refractivity contribution in [1.29, 1.82) is 0 Å². The summed E-state index contributed by atoms with van der Waals surface area (Å²) in [5.74, 6) is 2.50. The molecule has 3 nitrogen and oxygen atoms in total. The molecule has 1 aliphatic heterocycles. The third-order valence-corrected chi connectivity index (χ3v) is 5.53. The van der Waals surface area contributed by atoms with Gasteiger partial charge in [-0.1, -0.05) is 6.92 Å². The molecule has 0 aliphatic carbocycles. The Hall–Kier alpha value is -0.100. The lowest BCUT2D eigenvalue weighted by molar-refractivity contribution is 0.213. The Bertz CT molecular complexity index is 381. The highest BCUT2D eigenvalue weighted by Gasteiger charge is 2.28. The first-order valence-corrected chi connectivity index (χ1v) is 9.16. The third-order valence-electron chi connectivity index (χ3n) is 3.66. The molecular formula is C14H25N3S2. The molecule has 0 spiro atoms. The summed E-state index contributed by atoms with van der Waals surface area (Å²) in [5, 5.41) is 7.13. The van der Waals surface area contributed by atoms with Crippen LogP contribution in [0.2, 0.25) is 0 Å². The van der Waals surface area contributed by atoms with Crippen LogP contribution in [0.25, 0.3) is 0 Å². The molecule has 0 radical (unpaired) electrons. The summed E-state index contributed by atoms with van der Waals surface area (Å²) in [6.45, 7) is 6.63. The molecule has 1 aromatic heterocycles. The van der Waals surface area contributed by atoms with Gasteiger partial charge in [0, 0.05) is 41.9 Å². The Morgan fingerprint density at radius 1 is 1.58 bits per heavy atom. The summed E-state index contributed by atoms with van der Waals surface area (Å²) in [6.07, 6.45) is 2.25. The van der Waals surface area contributed by atoms with Gasteiger partial charge < -0.3 is 10.2 Å². The van der Waals surface area contributed by atoms with Gasteiger partial charge >= 0.3 is 0 Å². The van der Waals surface area contributed by atoms with E-state index in [9.17, 15) is 0 Å². The van der Waals surface area contributed by atoms with Gasteiger partial charge in [-0.3, -0.25) is 0 Å². The van der Waals surface area contributed by atoms with E-state index in [1.807, 2.05) is 0 Å². The van der Waals surface area contributed by atoms with Crippen molar-refractivity contribution >= 4 is 23.1 Å². The summed E-state index contributed by atoms with van der Waals surface area (Å²) in [7, 11) is 2.26. The second-order valence-electron chi connectivity index (χ2n) is 5.25. The molecule has 108 valence electrons. The molecule has 5 heteroatoms. The van der Waals surface area contributed by atoms with E-state index in [0.29, 0.717) is 12.1 Å². The molecule has 2 heterocycles. The summed E-state index contributed by atoms with van der Waals surface area (Å²) >= 11 is 3.84. The van der Waals surface area contributed by atoms with Crippen molar-refractivity contribution in [1.82, 2.24) is 15.2 Å². The SMILES string of the molecule is CCCNC(Cc1csc(C)n1)C1CSCCN1C. The normalized spacial score (nSPS) is 22.6. The zero-order valence-electron chi connectivity index (χ0n) is 12.2. The van der Waals surface area contributed by atoms with Gasteiger partial charge in [-0.25, -0.2) is 4.98 Å². The summed E-state index contributed by atoms with van der Waals surface area (Å²) in [4.78, 5) is 7.15. The minimum absolute atomic E-state index is 0.527. The number of likely N-dealkylation sites (N-methyl/N-ethyl adjacent to an activating group) is 1. The first-order valence-electron chi connectivity index (χ1n) is 7.13. The average Bonchev–Trinajstić information content (AvgIpc) is 2.81. The van der Waals surface area contributed by atoms with Gasteiger partial charge in [0.15, 0.2) is 0 Å². The van der Waals surface area contributed by atoms with Gasteiger partial charge in [0.05, 0.1) is 10.7 Å². The minimum Gasteiger partial charge on any atom is -0.312 e. The lowest BCUT2D eigenvalue weighted by Gasteiger charge is -2.38. The zero-order chi connectivity index (χ0) is 13.7. The molecule has 0 saturated carbocycles. The van der Waals surface area contributed by atoms with Gasteiger partial charge in [-0.2, -0.15) is 11.8 Å². The predicted molar refractivity (Wildman–Crippen MR) is 86.4 cm³/mol. The van der Waals surface area contributed by atoms with Crippen LogP contribution >= 0.6 is 23.1 Å². The lowest BCUT2D eigenvalue weighted by Crippen LogP contribution is -2.53. The fraction of sp³-hybridized carbons (Fsp3) is 0.786. The van der Waals surface area contributed by atoms with E-state index in [1.165, 1.54) is 35.2 Å². The quantitative estimate of drug-likeness (QED) is 0.873. The highest BCUT2D eigenvalue weighted by Crippen LogP contribution is 2.20. The van der Waals surface area contributed by atoms with Crippen LogP contribution in [-0.4, -0.2) is 53.6 Å².